The van der Waals surface area contributed by atoms with Gasteiger partial charge in [0.2, 0.25) is 0 Å². The van der Waals surface area contributed by atoms with Gasteiger partial charge in [0.05, 0.1) is 0 Å². The molecular formula is C18H43NO6S. The van der Waals surface area contributed by atoms with Gasteiger partial charge in [-0.15, -0.1) is 0 Å². The Balaban J connectivity index is -0.000000366. The van der Waals surface area contributed by atoms with Crippen LogP contribution >= 0.6 is 0 Å². The summed E-state index contributed by atoms with van der Waals surface area (Å²) in [7, 11) is -4.67. The smallest absolute Gasteiger partial charge is 0.379 e. The van der Waals surface area contributed by atoms with Crippen LogP contribution in [0.15, 0.2) is 0 Å². The molecule has 0 spiro atoms. The lowest BCUT2D eigenvalue weighted by Crippen LogP contribution is -2.33. The Bertz CT molecular complexity index is 322. The highest BCUT2D eigenvalue weighted by atomic mass is 32.3. The largest absolute Gasteiger partial charge is 0.394 e. The Morgan fingerprint density at radius 2 is 0.846 bits per heavy atom. The lowest BCUT2D eigenvalue weighted by Gasteiger charge is -2.08. The molecule has 0 aromatic heterocycles. The number of rotatable bonds is 13. The van der Waals surface area contributed by atoms with Crippen molar-refractivity contribution in [1.29, 1.82) is 0 Å². The summed E-state index contributed by atoms with van der Waals surface area (Å²) < 4.78 is 31.6. The van der Waals surface area contributed by atoms with Gasteiger partial charge >= 0.3 is 10.4 Å². The zero-order valence-electron chi connectivity index (χ0n) is 17.2. The van der Waals surface area contributed by atoms with Gasteiger partial charge in [-0.05, 0) is 13.8 Å². The first-order valence-electron chi connectivity index (χ1n) is 9.86. The first-order chi connectivity index (χ1) is 12.0. The highest BCUT2D eigenvalue weighted by Crippen LogP contribution is 2.11. The molecule has 0 aromatic rings. The summed E-state index contributed by atoms with van der Waals surface area (Å²) in [6, 6.07) is 0. The molecule has 0 aliphatic carbocycles. The maximum Gasteiger partial charge on any atom is 0.394 e. The fourth-order valence-corrected chi connectivity index (χ4v) is 2.26. The van der Waals surface area contributed by atoms with E-state index in [0.29, 0.717) is 0 Å². The van der Waals surface area contributed by atoms with Gasteiger partial charge in [-0.25, -0.2) is 0 Å². The molecule has 0 radical (unpaired) electrons. The second-order valence-electron chi connectivity index (χ2n) is 6.50. The van der Waals surface area contributed by atoms with Crippen LogP contribution in [0.1, 0.15) is 105 Å². The van der Waals surface area contributed by atoms with E-state index in [9.17, 15) is 0 Å². The summed E-state index contributed by atoms with van der Waals surface area (Å²) in [6.07, 6.45) is 16.2. The lowest BCUT2D eigenvalue weighted by atomic mass is 10.1. The van der Waals surface area contributed by atoms with Crippen molar-refractivity contribution in [2.75, 3.05) is 0 Å². The van der Waals surface area contributed by atoms with E-state index in [0.717, 1.165) is 0 Å². The predicted octanol–water partition coefficient (Wildman–Crippen LogP) is 4.31. The van der Waals surface area contributed by atoms with E-state index >= 15 is 0 Å². The molecule has 162 valence electrons. The van der Waals surface area contributed by atoms with E-state index in [4.69, 9.17) is 27.7 Å². The molecule has 2 unspecified atom stereocenters. The van der Waals surface area contributed by atoms with Crippen LogP contribution in [-0.2, 0) is 10.4 Å². The van der Waals surface area contributed by atoms with E-state index < -0.39 is 22.9 Å². The third-order valence-corrected chi connectivity index (χ3v) is 3.44. The van der Waals surface area contributed by atoms with Crippen LogP contribution in [0, 0.1) is 0 Å². The van der Waals surface area contributed by atoms with Gasteiger partial charge in [0.1, 0.15) is 12.5 Å². The van der Waals surface area contributed by atoms with Crippen molar-refractivity contribution in [2.24, 2.45) is 0 Å². The van der Waals surface area contributed by atoms with Crippen molar-refractivity contribution in [3.8, 4) is 0 Å². The standard InChI is InChI=1S/C14H30.C4H11NO2.H2O4S/c1-3-5-7-9-11-13-14-12-10-8-6-4-2;1-3(6)5-4(2)7;1-5(2,3)4/h3-14H2,1-2H3;3-7H,1-2H3;(H2,1,2,3,4). The minimum atomic E-state index is -4.67. The Labute approximate surface area is 161 Å². The Morgan fingerprint density at radius 1 is 0.654 bits per heavy atom. The van der Waals surface area contributed by atoms with E-state index in [2.05, 4.69) is 19.2 Å². The first kappa shape index (κ1) is 30.5. The van der Waals surface area contributed by atoms with E-state index in [1.165, 1.54) is 77.0 Å². The molecule has 2 atom stereocenters. The van der Waals surface area contributed by atoms with Gasteiger partial charge in [0.25, 0.3) is 0 Å². The van der Waals surface area contributed by atoms with Crippen LogP contribution in [-0.4, -0.2) is 40.2 Å². The minimum Gasteiger partial charge on any atom is -0.379 e. The van der Waals surface area contributed by atoms with Crippen LogP contribution in [0.5, 0.6) is 0 Å². The Hall–Kier alpha value is -0.250. The van der Waals surface area contributed by atoms with Gasteiger partial charge in [-0.1, -0.05) is 90.9 Å². The summed E-state index contributed by atoms with van der Waals surface area (Å²) in [5.41, 5.74) is 0. The predicted molar refractivity (Wildman–Crippen MR) is 107 cm³/mol. The highest BCUT2D eigenvalue weighted by Gasteiger charge is 1.95. The molecular weight excluding hydrogens is 358 g/mol. The maximum absolute atomic E-state index is 8.74. The Kier molecular flexibility index (Phi) is 26.7. The summed E-state index contributed by atoms with van der Waals surface area (Å²) in [5.74, 6) is 0. The maximum atomic E-state index is 8.74. The molecule has 0 aliphatic rings. The quantitative estimate of drug-likeness (QED) is 0.177. The minimum absolute atomic E-state index is 0.625. The van der Waals surface area contributed by atoms with Crippen LogP contribution in [0.25, 0.3) is 0 Å². The van der Waals surface area contributed by atoms with Gasteiger partial charge in [0, 0.05) is 0 Å². The number of hydrogen-bond donors (Lipinski definition) is 5. The van der Waals surface area contributed by atoms with Crippen molar-refractivity contribution < 1.29 is 27.7 Å². The molecule has 0 aromatic carbocycles. The van der Waals surface area contributed by atoms with Crippen molar-refractivity contribution in [2.45, 2.75) is 117 Å². The number of aliphatic hydroxyl groups is 2. The third kappa shape index (κ3) is 56.5. The van der Waals surface area contributed by atoms with Crippen molar-refractivity contribution >= 4 is 10.4 Å². The van der Waals surface area contributed by atoms with E-state index in [1.807, 2.05) is 0 Å². The second kappa shape index (κ2) is 22.8. The number of nitrogens with one attached hydrogen (secondary N) is 1. The third-order valence-electron chi connectivity index (χ3n) is 3.44. The summed E-state index contributed by atoms with van der Waals surface area (Å²) in [6.45, 7) is 7.67. The van der Waals surface area contributed by atoms with Crippen LogP contribution in [0.2, 0.25) is 0 Å². The zero-order chi connectivity index (χ0) is 20.8. The topological polar surface area (TPSA) is 127 Å². The molecule has 0 rings (SSSR count). The molecule has 0 heterocycles. The molecule has 0 fully saturated rings. The van der Waals surface area contributed by atoms with Crippen molar-refractivity contribution in [3.05, 3.63) is 0 Å². The molecule has 26 heavy (non-hydrogen) atoms. The molecule has 0 amide bonds. The van der Waals surface area contributed by atoms with Crippen LogP contribution in [0.3, 0.4) is 0 Å². The number of hydrogen-bond acceptors (Lipinski definition) is 5. The average Bonchev–Trinajstić information content (AvgIpc) is 2.47. The molecule has 7 nitrogen and oxygen atoms in total. The van der Waals surface area contributed by atoms with Crippen molar-refractivity contribution in [3.63, 3.8) is 0 Å². The monoisotopic (exact) mass is 401 g/mol. The highest BCUT2D eigenvalue weighted by molar-refractivity contribution is 7.79. The molecule has 0 aliphatic heterocycles. The summed E-state index contributed by atoms with van der Waals surface area (Å²) in [4.78, 5) is 0. The van der Waals surface area contributed by atoms with Gasteiger partial charge < -0.3 is 10.2 Å². The SMILES string of the molecule is CC(O)NC(C)O.CCCCCCCCCCCCCC.O=S(=O)(O)O. The number of aliphatic hydroxyl groups excluding tert-OH is 2. The second-order valence-corrected chi connectivity index (χ2v) is 7.40. The fraction of sp³-hybridized carbons (Fsp3) is 1.00. The molecule has 5 N–H and O–H groups in total. The molecule has 0 bridgehead atoms. The summed E-state index contributed by atoms with van der Waals surface area (Å²) >= 11 is 0. The van der Waals surface area contributed by atoms with E-state index in [-0.39, 0.29) is 0 Å². The van der Waals surface area contributed by atoms with Crippen LogP contribution in [0.4, 0.5) is 0 Å². The number of unbranched alkanes of at least 4 members (excludes halogenated alkanes) is 11. The molecule has 0 saturated carbocycles. The average molecular weight is 402 g/mol. The van der Waals surface area contributed by atoms with Crippen LogP contribution < -0.4 is 5.32 Å². The summed E-state index contributed by atoms with van der Waals surface area (Å²) in [5, 5.41) is 19.3. The normalized spacial score (nSPS) is 13.1. The zero-order valence-corrected chi connectivity index (χ0v) is 18.0. The van der Waals surface area contributed by atoms with Gasteiger partial charge in [0.15, 0.2) is 0 Å². The molecule has 0 saturated heterocycles. The lowest BCUT2D eigenvalue weighted by molar-refractivity contribution is 0.0632. The first-order valence-corrected chi connectivity index (χ1v) is 11.3. The van der Waals surface area contributed by atoms with Gasteiger partial charge in [-0.2, -0.15) is 8.42 Å². The van der Waals surface area contributed by atoms with Gasteiger partial charge in [-0.3, -0.25) is 14.4 Å². The Morgan fingerprint density at radius 3 is 0.962 bits per heavy atom. The van der Waals surface area contributed by atoms with E-state index in [1.54, 1.807) is 13.8 Å². The molecule has 8 heteroatoms. The van der Waals surface area contributed by atoms with Crippen molar-refractivity contribution in [1.82, 2.24) is 5.32 Å². The fourth-order valence-electron chi connectivity index (χ4n) is 2.26.